The minimum atomic E-state index is -1.63. The smallest absolute Gasteiger partial charge is 0.121 e. The van der Waals surface area contributed by atoms with Gasteiger partial charge in [-0.3, -0.25) is 4.98 Å². The molecule has 11 aromatic rings. The number of nitrogens with zero attached hydrogens (tertiary/aromatic N) is 3. The summed E-state index contributed by atoms with van der Waals surface area (Å²) in [6, 6.07) is 61.8. The summed E-state index contributed by atoms with van der Waals surface area (Å²) in [5.74, 6) is 1.46. The molecule has 1 radical (unpaired) electrons. The average Bonchev–Trinajstić information content (AvgIpc) is 3.92. The Morgan fingerprint density at radius 2 is 1.25 bits per heavy atom. The summed E-state index contributed by atoms with van der Waals surface area (Å²) in [5, 5.41) is 10.0. The van der Waals surface area contributed by atoms with E-state index in [0.717, 1.165) is 55.6 Å². The van der Waals surface area contributed by atoms with Gasteiger partial charge < -0.3 is 14.0 Å². The summed E-state index contributed by atoms with van der Waals surface area (Å²) < 4.78 is 9.41. The van der Waals surface area contributed by atoms with E-state index in [1.807, 2.05) is 36.5 Å². The van der Waals surface area contributed by atoms with Crippen LogP contribution in [-0.2, 0) is 25.5 Å². The molecule has 0 aliphatic heterocycles. The minimum Gasteiger partial charge on any atom is -0.501 e. The van der Waals surface area contributed by atoms with E-state index in [-0.39, 0.29) is 25.5 Å². The molecular formula is C66H67IrN3OSi2-2. The van der Waals surface area contributed by atoms with E-state index in [4.69, 9.17) is 9.40 Å². The maximum Gasteiger partial charge on any atom is 0.121 e. The van der Waals surface area contributed by atoms with Gasteiger partial charge in [-0.25, -0.2) is 0 Å². The van der Waals surface area contributed by atoms with Crippen molar-refractivity contribution in [2.75, 3.05) is 0 Å². The number of rotatable bonds is 8. The third-order valence-electron chi connectivity index (χ3n) is 14.4. The van der Waals surface area contributed by atoms with Gasteiger partial charge in [-0.2, -0.15) is 0 Å². The average molecular weight is 1170 g/mol. The molecule has 73 heavy (non-hydrogen) atoms. The van der Waals surface area contributed by atoms with Crippen LogP contribution < -0.4 is 10.4 Å². The monoisotopic (exact) mass is 1170 g/mol. The van der Waals surface area contributed by atoms with E-state index in [0.29, 0.717) is 11.8 Å². The first-order valence-corrected chi connectivity index (χ1v) is 32.7. The molecule has 0 saturated carbocycles. The van der Waals surface area contributed by atoms with Crippen molar-refractivity contribution in [1.82, 2.24) is 14.5 Å². The number of aromatic nitrogens is 3. The minimum absolute atomic E-state index is 0. The number of pyridine rings is 1. The largest absolute Gasteiger partial charge is 0.501 e. The van der Waals surface area contributed by atoms with Gasteiger partial charge in [-0.05, 0) is 96.6 Å². The Hall–Kier alpha value is -6.22. The summed E-state index contributed by atoms with van der Waals surface area (Å²) in [7, 11) is -3.06. The molecule has 0 aliphatic carbocycles. The first-order valence-electron chi connectivity index (χ1n) is 25.7. The van der Waals surface area contributed by atoms with Crippen molar-refractivity contribution in [2.24, 2.45) is 0 Å². The number of hydrogen-bond acceptors (Lipinski definition) is 3. The number of imidazole rings is 1. The summed E-state index contributed by atoms with van der Waals surface area (Å²) in [6.45, 7) is 30.5. The van der Waals surface area contributed by atoms with E-state index < -0.39 is 16.1 Å². The molecule has 0 saturated heterocycles. The third kappa shape index (κ3) is 10.1. The van der Waals surface area contributed by atoms with Crippen LogP contribution in [0.15, 0.2) is 162 Å². The molecule has 11 rings (SSSR count). The van der Waals surface area contributed by atoms with Crippen molar-refractivity contribution in [1.29, 1.82) is 0 Å². The van der Waals surface area contributed by atoms with Gasteiger partial charge in [0.1, 0.15) is 5.58 Å². The zero-order chi connectivity index (χ0) is 50.9. The second-order valence-electron chi connectivity index (χ2n) is 23.4. The van der Waals surface area contributed by atoms with Crippen molar-refractivity contribution in [2.45, 2.75) is 105 Å². The van der Waals surface area contributed by atoms with Crippen molar-refractivity contribution < 1.29 is 24.5 Å². The summed E-state index contributed by atoms with van der Waals surface area (Å²) in [4.78, 5) is 10.00. The topological polar surface area (TPSA) is 43.9 Å². The molecule has 0 bridgehead atoms. The molecule has 0 fully saturated rings. The molecule has 0 atom stereocenters. The van der Waals surface area contributed by atoms with E-state index in [1.54, 1.807) is 0 Å². The van der Waals surface area contributed by atoms with Crippen LogP contribution in [0.3, 0.4) is 0 Å². The van der Waals surface area contributed by atoms with Crippen molar-refractivity contribution in [3.8, 4) is 39.5 Å². The Kier molecular flexibility index (Phi) is 14.1. The number of hydrogen-bond donors (Lipinski definition) is 0. The fourth-order valence-electron chi connectivity index (χ4n) is 10.0. The molecule has 4 nitrogen and oxygen atoms in total. The van der Waals surface area contributed by atoms with Crippen LogP contribution in [0.4, 0.5) is 0 Å². The van der Waals surface area contributed by atoms with Crippen molar-refractivity contribution >= 4 is 81.0 Å². The Morgan fingerprint density at radius 3 is 1.88 bits per heavy atom. The fraction of sp³-hybridized carbons (Fsp3) is 0.242. The van der Waals surface area contributed by atoms with Crippen LogP contribution in [0.25, 0.3) is 94.0 Å². The third-order valence-corrected chi connectivity index (χ3v) is 18.5. The number of benzene rings is 8. The first-order chi connectivity index (χ1) is 34.2. The van der Waals surface area contributed by atoms with Gasteiger partial charge in [0.2, 0.25) is 0 Å². The van der Waals surface area contributed by atoms with Crippen LogP contribution in [-0.4, -0.2) is 30.7 Å². The molecule has 8 aromatic carbocycles. The molecule has 3 heterocycles. The van der Waals surface area contributed by atoms with Crippen LogP contribution in [0, 0.1) is 12.1 Å². The second-order valence-corrected chi connectivity index (χ2v) is 33.5. The Balaban J connectivity index is 0.000000329. The van der Waals surface area contributed by atoms with Gasteiger partial charge in [0.25, 0.3) is 0 Å². The van der Waals surface area contributed by atoms with Gasteiger partial charge in [-0.15, -0.1) is 54.1 Å². The van der Waals surface area contributed by atoms with E-state index in [2.05, 4.69) is 231 Å². The Labute approximate surface area is 448 Å². The van der Waals surface area contributed by atoms with Gasteiger partial charge in [0.15, 0.2) is 0 Å². The zero-order valence-corrected chi connectivity index (χ0v) is 49.1. The van der Waals surface area contributed by atoms with E-state index in [1.165, 1.54) is 65.4 Å². The second kappa shape index (κ2) is 19.9. The molecule has 0 amide bonds. The number of furan rings is 1. The maximum atomic E-state index is 6.96. The first kappa shape index (κ1) is 51.7. The molecule has 0 unspecified atom stereocenters. The predicted molar refractivity (Wildman–Crippen MR) is 314 cm³/mol. The van der Waals surface area contributed by atoms with E-state index >= 15 is 0 Å². The number of fused-ring (bicyclic) bond motifs is 7. The molecule has 3 aromatic heterocycles. The predicted octanol–water partition coefficient (Wildman–Crippen LogP) is 17.5. The molecule has 371 valence electrons. The standard InChI is InChI=1S/C51H51N2OSi2.C15H16N.Ir/c1-31(2)42-28-38(56(8,9)10)29-43(32(3)4)49(42)53-47-27-35(33-20-23-37(24-21-33)55(5,6)7)22-25-46(47)52-51(53)41-17-13-16-40-45-26-36-19-18-34-14-11-12-15-39(34)44(36)30-48(45)54-50(40)41;1-15(2,3)13-9-10-14(16-11-13)12-7-5-4-6-8-12;/h11-16,18-32H,1-10H3;4-7,9-11H,1-3H3;/q2*-1;. The van der Waals surface area contributed by atoms with Crippen LogP contribution in [0.5, 0.6) is 0 Å². The van der Waals surface area contributed by atoms with Gasteiger partial charge in [0, 0.05) is 37.4 Å². The normalized spacial score (nSPS) is 12.3. The summed E-state index contributed by atoms with van der Waals surface area (Å²) in [6.07, 6.45) is 1.95. The van der Waals surface area contributed by atoms with Gasteiger partial charge in [-0.1, -0.05) is 200 Å². The summed E-state index contributed by atoms with van der Waals surface area (Å²) in [5.41, 5.74) is 14.4. The molecule has 7 heteroatoms. The van der Waals surface area contributed by atoms with Crippen LogP contribution in [0.2, 0.25) is 39.3 Å². The Bertz CT molecular complexity index is 3760. The summed E-state index contributed by atoms with van der Waals surface area (Å²) >= 11 is 0. The molecule has 0 spiro atoms. The van der Waals surface area contributed by atoms with Crippen LogP contribution >= 0.6 is 0 Å². The Morgan fingerprint density at radius 1 is 0.575 bits per heavy atom. The van der Waals surface area contributed by atoms with Gasteiger partial charge in [0.05, 0.1) is 38.6 Å². The SMILES string of the molecule is CC(C)(C)c1ccc(-c2[c-]cccc2)nc1.CC(C)c1cc([Si](C)(C)C)cc(C(C)C)c1-n1c(-c2[c-]ccc3c2oc2cc4c(ccc5ccccc54)cc23)nc2ccc(-c3ccc([Si](C)(C)C)cc3)cc21.[Ir]. The molecule has 0 N–H and O–H groups in total. The maximum absolute atomic E-state index is 6.96. The van der Waals surface area contributed by atoms with E-state index in [9.17, 15) is 0 Å². The quantitative estimate of drug-likeness (QED) is 0.0865. The van der Waals surface area contributed by atoms with Crippen molar-refractivity contribution in [3.05, 3.63) is 187 Å². The van der Waals surface area contributed by atoms with Gasteiger partial charge >= 0.3 is 0 Å². The van der Waals surface area contributed by atoms with Crippen LogP contribution in [0.1, 0.15) is 77.0 Å². The van der Waals surface area contributed by atoms with Crippen molar-refractivity contribution in [3.63, 3.8) is 0 Å². The zero-order valence-electron chi connectivity index (χ0n) is 44.7. The molecular weight excluding hydrogens is 1100 g/mol. The fourth-order valence-corrected chi connectivity index (χ4v) is 12.4. The molecule has 0 aliphatic rings.